The zero-order valence-electron chi connectivity index (χ0n) is 25.2. The van der Waals surface area contributed by atoms with Gasteiger partial charge in [0.1, 0.15) is 11.8 Å². The minimum absolute atomic E-state index is 0.150. The van der Waals surface area contributed by atoms with E-state index in [1.807, 2.05) is 11.4 Å². The Morgan fingerprint density at radius 3 is 2.79 bits per heavy atom. The maximum atomic E-state index is 9.78. The van der Waals surface area contributed by atoms with E-state index in [2.05, 4.69) is 56.3 Å². The molecule has 2 aliphatic rings. The number of allylic oxidation sites excluding steroid dienone is 4. The molecule has 8 heteroatoms. The van der Waals surface area contributed by atoms with Crippen molar-refractivity contribution in [3.63, 3.8) is 0 Å². The van der Waals surface area contributed by atoms with Crippen LogP contribution in [0.3, 0.4) is 0 Å². The minimum atomic E-state index is 0.150. The van der Waals surface area contributed by atoms with Crippen molar-refractivity contribution in [3.8, 4) is 18.9 Å². The van der Waals surface area contributed by atoms with Crippen LogP contribution in [0.1, 0.15) is 92.2 Å². The van der Waals surface area contributed by atoms with Crippen molar-refractivity contribution in [2.75, 3.05) is 13.6 Å². The van der Waals surface area contributed by atoms with Gasteiger partial charge in [-0.1, -0.05) is 25.5 Å². The average molecular weight is 582 g/mol. The van der Waals surface area contributed by atoms with Gasteiger partial charge in [-0.25, -0.2) is 15.0 Å². The third-order valence-electron chi connectivity index (χ3n) is 8.18. The molecule has 7 nitrogen and oxygen atoms in total. The number of nitrogens with zero attached hydrogens (tertiary/aromatic N) is 5. The number of hydrogen-bond donors (Lipinski definition) is 2. The fraction of sp³-hybridized carbons (Fsp3) is 0.441. The van der Waals surface area contributed by atoms with Crippen LogP contribution in [-0.2, 0) is 12.8 Å². The molecule has 1 fully saturated rings. The second kappa shape index (κ2) is 16.0. The van der Waals surface area contributed by atoms with E-state index in [0.717, 1.165) is 73.9 Å². The van der Waals surface area contributed by atoms with Crippen molar-refractivity contribution in [1.82, 2.24) is 14.9 Å². The Morgan fingerprint density at radius 1 is 1.33 bits per heavy atom. The Hall–Kier alpha value is -3.85. The Morgan fingerprint density at radius 2 is 2.12 bits per heavy atom. The Kier molecular flexibility index (Phi) is 12.4. The van der Waals surface area contributed by atoms with Gasteiger partial charge in [0.05, 0.1) is 5.56 Å². The molecule has 1 saturated heterocycles. The van der Waals surface area contributed by atoms with Crippen molar-refractivity contribution in [3.05, 3.63) is 74.5 Å². The number of terminal acetylenes is 1. The molecule has 42 heavy (non-hydrogen) atoms. The summed E-state index contributed by atoms with van der Waals surface area (Å²) >= 11 is 1.70. The Bertz CT molecular complexity index is 1420. The highest BCUT2D eigenvalue weighted by atomic mass is 32.1. The second-order valence-corrected chi connectivity index (χ2v) is 11.8. The molecule has 2 aromatic rings. The first-order valence-corrected chi connectivity index (χ1v) is 15.6. The lowest BCUT2D eigenvalue weighted by Gasteiger charge is -2.26. The van der Waals surface area contributed by atoms with Crippen LogP contribution in [0, 0.1) is 29.6 Å². The standard InChI is InChI=1S/C32H41N7S.C2H2/c1-5-9-27(21(3)26-11-7-12-28-30(26)22(19-33)20-40-28)31(35)32-37-24(13-14-25-10-8-17-39(25)4)18-29(38-32)36-16-15-23(34)6-2;1-2/h6,15-16,18,20,25-26,35H,2,5,7-14,17,34H2,1,3-4H3;1-2H/b23-15-,27-21+,35-31?,36-16?;/t25-,26?;/m0./s1. The number of hydrogen-bond acceptors (Lipinski definition) is 8. The van der Waals surface area contributed by atoms with Crippen molar-refractivity contribution in [1.29, 1.82) is 10.7 Å². The molecule has 0 radical (unpaired) electrons. The first kappa shape index (κ1) is 32.7. The SMILES string of the molecule is C#C.C=C/C(N)=C/C=Nc1cc(CC[C@@H]2CCCN2C)nc(C(=N)/C(CCC)=C(\C)C2CCCc3scc(C#N)c32)n1. The molecule has 1 aliphatic carbocycles. The number of likely N-dealkylation sites (tertiary alicyclic amines) is 1. The normalized spacial score (nSPS) is 19.4. The molecule has 0 spiro atoms. The molecule has 220 valence electrons. The van der Waals surface area contributed by atoms with E-state index < -0.39 is 0 Å². The zero-order valence-corrected chi connectivity index (χ0v) is 26.0. The van der Waals surface area contributed by atoms with Crippen molar-refractivity contribution in [2.24, 2.45) is 10.7 Å². The van der Waals surface area contributed by atoms with E-state index in [-0.39, 0.29) is 5.92 Å². The van der Waals surface area contributed by atoms with E-state index >= 15 is 0 Å². The van der Waals surface area contributed by atoms with E-state index in [9.17, 15) is 10.7 Å². The number of aliphatic imine (C=N–C) groups is 1. The summed E-state index contributed by atoms with van der Waals surface area (Å²) in [5.41, 5.74) is 11.7. The molecule has 4 rings (SSSR count). The maximum absolute atomic E-state index is 9.78. The highest BCUT2D eigenvalue weighted by molar-refractivity contribution is 7.10. The first-order valence-electron chi connectivity index (χ1n) is 14.7. The predicted octanol–water partition coefficient (Wildman–Crippen LogP) is 7.02. The van der Waals surface area contributed by atoms with Gasteiger partial charge in [0.15, 0.2) is 11.6 Å². The Labute approximate surface area is 255 Å². The summed E-state index contributed by atoms with van der Waals surface area (Å²) in [5, 5.41) is 21.1. The van der Waals surface area contributed by atoms with Crippen LogP contribution in [0.4, 0.5) is 5.82 Å². The quantitative estimate of drug-likeness (QED) is 0.168. The van der Waals surface area contributed by atoms with Gasteiger partial charge in [0.2, 0.25) is 0 Å². The van der Waals surface area contributed by atoms with Gasteiger partial charge in [-0.3, -0.25) is 5.41 Å². The lowest BCUT2D eigenvalue weighted by Crippen LogP contribution is -2.25. The van der Waals surface area contributed by atoms with Crippen LogP contribution in [0.15, 0.2) is 52.0 Å². The number of nitrogens with one attached hydrogen (secondary N) is 1. The van der Waals surface area contributed by atoms with Gasteiger partial charge < -0.3 is 10.6 Å². The lowest BCUT2D eigenvalue weighted by atomic mass is 9.78. The van der Waals surface area contributed by atoms with Gasteiger partial charge in [0.25, 0.3) is 0 Å². The number of nitrogens with two attached hydrogens (primary N) is 1. The fourth-order valence-corrected chi connectivity index (χ4v) is 7.02. The molecule has 3 N–H and O–H groups in total. The molecular formula is C34H43N7S. The number of nitriles is 1. The van der Waals surface area contributed by atoms with Gasteiger partial charge in [-0.05, 0) is 95.2 Å². The van der Waals surface area contributed by atoms with Crippen LogP contribution in [-0.4, -0.2) is 46.4 Å². The molecular weight excluding hydrogens is 538 g/mol. The summed E-state index contributed by atoms with van der Waals surface area (Å²) in [6, 6.07) is 4.89. The summed E-state index contributed by atoms with van der Waals surface area (Å²) in [6.45, 7) is 9.10. The lowest BCUT2D eigenvalue weighted by molar-refractivity contribution is 0.296. The summed E-state index contributed by atoms with van der Waals surface area (Å²) in [4.78, 5) is 17.9. The number of aromatic nitrogens is 2. The second-order valence-electron chi connectivity index (χ2n) is 10.8. The predicted molar refractivity (Wildman–Crippen MR) is 176 cm³/mol. The number of thiophene rings is 1. The summed E-state index contributed by atoms with van der Waals surface area (Å²) in [6.07, 6.45) is 21.9. The molecule has 1 unspecified atom stereocenters. The topological polar surface area (TPSA) is 115 Å². The number of rotatable bonds is 11. The van der Waals surface area contributed by atoms with Gasteiger partial charge >= 0.3 is 0 Å². The van der Waals surface area contributed by atoms with E-state index in [1.54, 1.807) is 29.7 Å². The first-order chi connectivity index (χ1) is 20.4. The molecule has 2 atom stereocenters. The van der Waals surface area contributed by atoms with Crippen LogP contribution in [0.2, 0.25) is 0 Å². The van der Waals surface area contributed by atoms with E-state index in [0.29, 0.717) is 29.1 Å². The molecule has 0 saturated carbocycles. The molecule has 3 heterocycles. The van der Waals surface area contributed by atoms with Gasteiger partial charge in [-0.2, -0.15) is 5.26 Å². The maximum Gasteiger partial charge on any atom is 0.180 e. The number of aryl methyl sites for hydroxylation is 2. The van der Waals surface area contributed by atoms with Crippen LogP contribution >= 0.6 is 11.3 Å². The average Bonchev–Trinajstić information content (AvgIpc) is 3.64. The summed E-state index contributed by atoms with van der Waals surface area (Å²) < 4.78 is 0. The van der Waals surface area contributed by atoms with Crippen molar-refractivity contribution < 1.29 is 0 Å². The fourth-order valence-electron chi connectivity index (χ4n) is 5.94. The van der Waals surface area contributed by atoms with Crippen LogP contribution in [0.5, 0.6) is 0 Å². The van der Waals surface area contributed by atoms with Crippen LogP contribution < -0.4 is 5.73 Å². The van der Waals surface area contributed by atoms with Gasteiger partial charge in [-0.15, -0.1) is 24.2 Å². The van der Waals surface area contributed by atoms with Crippen molar-refractivity contribution >= 4 is 29.1 Å². The van der Waals surface area contributed by atoms with Crippen molar-refractivity contribution in [2.45, 2.75) is 83.6 Å². The Balaban J connectivity index is 0.00000237. The molecule has 0 aromatic carbocycles. The zero-order chi connectivity index (χ0) is 30.6. The summed E-state index contributed by atoms with van der Waals surface area (Å²) in [7, 11) is 2.19. The highest BCUT2D eigenvalue weighted by Gasteiger charge is 2.29. The monoisotopic (exact) mass is 581 g/mol. The molecule has 0 amide bonds. The molecule has 1 aliphatic heterocycles. The molecule has 2 aromatic heterocycles. The minimum Gasteiger partial charge on any atom is -0.399 e. The molecule has 0 bridgehead atoms. The third kappa shape index (κ3) is 7.91. The van der Waals surface area contributed by atoms with Crippen LogP contribution in [0.25, 0.3) is 0 Å². The smallest absolute Gasteiger partial charge is 0.180 e. The van der Waals surface area contributed by atoms with E-state index in [1.165, 1.54) is 23.3 Å². The third-order valence-corrected chi connectivity index (χ3v) is 9.24. The largest absolute Gasteiger partial charge is 0.399 e. The van der Waals surface area contributed by atoms with Gasteiger partial charge in [0, 0.05) is 45.9 Å². The number of fused-ring (bicyclic) bond motifs is 1. The highest BCUT2D eigenvalue weighted by Crippen LogP contribution is 2.43. The van der Waals surface area contributed by atoms with E-state index in [4.69, 9.17) is 15.7 Å². The summed E-state index contributed by atoms with van der Waals surface area (Å²) in [5.74, 6) is 1.09.